The van der Waals surface area contributed by atoms with Crippen molar-refractivity contribution < 1.29 is 14.3 Å². The first-order valence-electron chi connectivity index (χ1n) is 7.47. The number of hydrogen-bond acceptors (Lipinski definition) is 3. The molecule has 0 saturated carbocycles. The van der Waals surface area contributed by atoms with Gasteiger partial charge in [0.15, 0.2) is 0 Å². The molecule has 122 valence electrons. The maximum Gasteiger partial charge on any atom is 0.410 e. The van der Waals surface area contributed by atoms with Crippen LogP contribution in [-0.4, -0.2) is 29.9 Å². The highest BCUT2D eigenvalue weighted by Crippen LogP contribution is 2.27. The molecule has 22 heavy (non-hydrogen) atoms. The van der Waals surface area contributed by atoms with Gasteiger partial charge in [-0.2, -0.15) is 0 Å². The van der Waals surface area contributed by atoms with Crippen LogP contribution in [0.25, 0.3) is 0 Å². The predicted molar refractivity (Wildman–Crippen MR) is 87.9 cm³/mol. The minimum atomic E-state index is -0.655. The standard InChI is InChI=1S/C18H27NO3/c1-17(2,3)14-10-8-9-13(11-14)15(12-20)19(7)16(21)22-18(4,5)6/h8-12,15H,1-7H3. The second kappa shape index (κ2) is 6.51. The van der Waals surface area contributed by atoms with Gasteiger partial charge in [0, 0.05) is 7.05 Å². The summed E-state index contributed by atoms with van der Waals surface area (Å²) >= 11 is 0. The van der Waals surface area contributed by atoms with Gasteiger partial charge in [0.1, 0.15) is 17.9 Å². The van der Waals surface area contributed by atoms with Gasteiger partial charge in [0.25, 0.3) is 0 Å². The summed E-state index contributed by atoms with van der Waals surface area (Å²) in [5.41, 5.74) is 1.30. The van der Waals surface area contributed by atoms with Crippen LogP contribution >= 0.6 is 0 Å². The molecule has 4 heteroatoms. The van der Waals surface area contributed by atoms with Crippen LogP contribution in [0.15, 0.2) is 24.3 Å². The van der Waals surface area contributed by atoms with Crippen LogP contribution in [0.2, 0.25) is 0 Å². The highest BCUT2D eigenvalue weighted by molar-refractivity contribution is 5.74. The minimum absolute atomic E-state index is 0.0199. The summed E-state index contributed by atoms with van der Waals surface area (Å²) < 4.78 is 5.33. The van der Waals surface area contributed by atoms with E-state index in [9.17, 15) is 9.59 Å². The summed E-state index contributed by atoms with van der Waals surface area (Å²) in [5.74, 6) is 0. The minimum Gasteiger partial charge on any atom is -0.444 e. The summed E-state index contributed by atoms with van der Waals surface area (Å²) in [6.45, 7) is 11.7. The van der Waals surface area contributed by atoms with E-state index in [1.165, 1.54) is 4.90 Å². The SMILES string of the molecule is CN(C(=O)OC(C)(C)C)C(C=O)c1cccc(C(C)(C)C)c1. The highest BCUT2D eigenvalue weighted by Gasteiger charge is 2.27. The van der Waals surface area contributed by atoms with Gasteiger partial charge in [-0.3, -0.25) is 4.90 Å². The Kier molecular flexibility index (Phi) is 5.39. The molecular weight excluding hydrogens is 278 g/mol. The molecule has 0 saturated heterocycles. The first kappa shape index (κ1) is 18.2. The summed E-state index contributed by atoms with van der Waals surface area (Å²) in [6, 6.07) is 7.11. The Morgan fingerprint density at radius 3 is 2.23 bits per heavy atom. The molecule has 0 N–H and O–H groups in total. The molecule has 0 radical (unpaired) electrons. The van der Waals surface area contributed by atoms with Crippen molar-refractivity contribution in [2.75, 3.05) is 7.05 Å². The third-order valence-corrected chi connectivity index (χ3v) is 3.32. The maximum absolute atomic E-state index is 12.2. The lowest BCUT2D eigenvalue weighted by molar-refractivity contribution is -0.112. The second-order valence-electron chi connectivity index (χ2n) is 7.55. The first-order valence-corrected chi connectivity index (χ1v) is 7.47. The highest BCUT2D eigenvalue weighted by atomic mass is 16.6. The molecule has 0 fully saturated rings. The van der Waals surface area contributed by atoms with Crippen molar-refractivity contribution in [2.24, 2.45) is 0 Å². The van der Waals surface area contributed by atoms with E-state index < -0.39 is 17.7 Å². The lowest BCUT2D eigenvalue weighted by atomic mass is 9.85. The molecular formula is C18H27NO3. The molecule has 0 bridgehead atoms. The van der Waals surface area contributed by atoms with Crippen molar-refractivity contribution in [1.82, 2.24) is 4.90 Å². The van der Waals surface area contributed by atoms with E-state index in [-0.39, 0.29) is 5.41 Å². The number of nitrogens with zero attached hydrogens (tertiary/aromatic N) is 1. The van der Waals surface area contributed by atoms with Crippen molar-refractivity contribution >= 4 is 12.4 Å². The number of amides is 1. The Balaban J connectivity index is 3.06. The quantitative estimate of drug-likeness (QED) is 0.790. The van der Waals surface area contributed by atoms with E-state index in [1.54, 1.807) is 27.8 Å². The molecule has 1 amide bonds. The number of aldehydes is 1. The average Bonchev–Trinajstić information content (AvgIpc) is 2.37. The number of benzene rings is 1. The number of rotatable bonds is 3. The Morgan fingerprint density at radius 2 is 1.77 bits per heavy atom. The molecule has 1 unspecified atom stereocenters. The fourth-order valence-electron chi connectivity index (χ4n) is 2.03. The molecule has 1 aromatic carbocycles. The molecule has 0 aliphatic carbocycles. The summed E-state index contributed by atoms with van der Waals surface area (Å²) in [6.07, 6.45) is 0.261. The molecule has 0 aliphatic heterocycles. The fraction of sp³-hybridized carbons (Fsp3) is 0.556. The first-order chi connectivity index (χ1) is 9.95. The van der Waals surface area contributed by atoms with Crippen molar-refractivity contribution in [2.45, 2.75) is 58.6 Å². The van der Waals surface area contributed by atoms with Gasteiger partial charge in [-0.25, -0.2) is 4.79 Å². The topological polar surface area (TPSA) is 46.6 Å². The largest absolute Gasteiger partial charge is 0.444 e. The molecule has 0 spiro atoms. The van der Waals surface area contributed by atoms with Crippen LogP contribution in [-0.2, 0) is 14.9 Å². The molecule has 0 aliphatic rings. The van der Waals surface area contributed by atoms with E-state index >= 15 is 0 Å². The molecule has 1 atom stereocenters. The van der Waals surface area contributed by atoms with Gasteiger partial charge in [0.05, 0.1) is 0 Å². The van der Waals surface area contributed by atoms with E-state index in [1.807, 2.05) is 24.3 Å². The van der Waals surface area contributed by atoms with Gasteiger partial charge < -0.3 is 9.53 Å². The number of carbonyl (C=O) groups is 2. The van der Waals surface area contributed by atoms with Crippen LogP contribution in [0.4, 0.5) is 4.79 Å². The van der Waals surface area contributed by atoms with Crippen molar-refractivity contribution in [3.8, 4) is 0 Å². The number of hydrogen-bond donors (Lipinski definition) is 0. The zero-order chi connectivity index (χ0) is 17.1. The molecule has 4 nitrogen and oxygen atoms in total. The van der Waals surface area contributed by atoms with Gasteiger partial charge in [-0.05, 0) is 37.3 Å². The van der Waals surface area contributed by atoms with Crippen LogP contribution in [0.3, 0.4) is 0 Å². The zero-order valence-corrected chi connectivity index (χ0v) is 14.6. The normalized spacial score (nSPS) is 13.4. The Morgan fingerprint density at radius 1 is 1.18 bits per heavy atom. The third kappa shape index (κ3) is 4.86. The van der Waals surface area contributed by atoms with Crippen molar-refractivity contribution in [1.29, 1.82) is 0 Å². The summed E-state index contributed by atoms with van der Waals surface area (Å²) in [4.78, 5) is 25.0. The molecule has 0 aromatic heterocycles. The van der Waals surface area contributed by atoms with Crippen molar-refractivity contribution in [3.63, 3.8) is 0 Å². The van der Waals surface area contributed by atoms with E-state index in [2.05, 4.69) is 20.8 Å². The van der Waals surface area contributed by atoms with Crippen LogP contribution in [0.1, 0.15) is 58.7 Å². The van der Waals surface area contributed by atoms with E-state index in [0.717, 1.165) is 17.4 Å². The monoisotopic (exact) mass is 305 g/mol. The van der Waals surface area contributed by atoms with Crippen LogP contribution in [0.5, 0.6) is 0 Å². The fourth-order valence-corrected chi connectivity index (χ4v) is 2.03. The van der Waals surface area contributed by atoms with Gasteiger partial charge >= 0.3 is 6.09 Å². The average molecular weight is 305 g/mol. The smallest absolute Gasteiger partial charge is 0.410 e. The summed E-state index contributed by atoms with van der Waals surface area (Å²) in [7, 11) is 1.58. The van der Waals surface area contributed by atoms with E-state index in [4.69, 9.17) is 4.74 Å². The van der Waals surface area contributed by atoms with Gasteiger partial charge in [-0.1, -0.05) is 45.0 Å². The Labute approximate surface area is 133 Å². The maximum atomic E-state index is 12.2. The number of carbonyl (C=O) groups excluding carboxylic acids is 2. The van der Waals surface area contributed by atoms with Crippen molar-refractivity contribution in [3.05, 3.63) is 35.4 Å². The molecule has 1 rings (SSSR count). The molecule has 1 aromatic rings. The summed E-state index contributed by atoms with van der Waals surface area (Å²) in [5, 5.41) is 0. The third-order valence-electron chi connectivity index (χ3n) is 3.32. The Bertz CT molecular complexity index is 538. The van der Waals surface area contributed by atoms with E-state index in [0.29, 0.717) is 0 Å². The van der Waals surface area contributed by atoms with Crippen LogP contribution < -0.4 is 0 Å². The Hall–Kier alpha value is -1.84. The van der Waals surface area contributed by atoms with Gasteiger partial charge in [0.2, 0.25) is 0 Å². The lowest BCUT2D eigenvalue weighted by Crippen LogP contribution is -2.37. The number of ether oxygens (including phenoxy) is 1. The van der Waals surface area contributed by atoms with Gasteiger partial charge in [-0.15, -0.1) is 0 Å². The lowest BCUT2D eigenvalue weighted by Gasteiger charge is -2.29. The van der Waals surface area contributed by atoms with Crippen LogP contribution in [0, 0.1) is 0 Å². The predicted octanol–water partition coefficient (Wildman–Crippen LogP) is 4.09. The molecule has 0 heterocycles. The second-order valence-corrected chi connectivity index (χ2v) is 7.55. The zero-order valence-electron chi connectivity index (χ0n) is 14.6. The number of likely N-dealkylation sites (N-methyl/N-ethyl adjacent to an activating group) is 1.